The van der Waals surface area contributed by atoms with Crippen LogP contribution in [0, 0.1) is 0 Å². The first-order valence-electron chi connectivity index (χ1n) is 13.4. The van der Waals surface area contributed by atoms with Gasteiger partial charge < -0.3 is 20.2 Å². The Kier molecular flexibility index (Phi) is 6.15. The van der Waals surface area contributed by atoms with E-state index in [1.807, 2.05) is 33.4 Å². The average Bonchev–Trinajstić information content (AvgIpc) is 3.75. The predicted molar refractivity (Wildman–Crippen MR) is 144 cm³/mol. The number of fused-ring (bicyclic) bond motifs is 3. The van der Waals surface area contributed by atoms with Gasteiger partial charge in [0.25, 0.3) is 0 Å². The van der Waals surface area contributed by atoms with Crippen LogP contribution in [-0.4, -0.2) is 77.7 Å². The molecule has 3 atom stereocenters. The zero-order chi connectivity index (χ0) is 27.4. The number of nitrogens with zero attached hydrogens (tertiary/aromatic N) is 7. The zero-order valence-electron chi connectivity index (χ0n) is 21.5. The molecule has 0 aromatic carbocycles. The minimum absolute atomic E-state index is 0.0738. The number of alkyl halides is 2. The number of aliphatic hydroxyl groups is 1. The number of thiazole rings is 1. The summed E-state index contributed by atoms with van der Waals surface area (Å²) >= 11 is 1.48. The molecule has 13 heteroatoms. The molecule has 0 radical (unpaired) electrons. The second kappa shape index (κ2) is 9.73. The molecule has 3 aromatic rings. The fraction of sp³-hybridized carbons (Fsp3) is 0.444. The Morgan fingerprint density at radius 1 is 1.15 bits per heavy atom. The number of aromatic nitrogens is 4. The van der Waals surface area contributed by atoms with Gasteiger partial charge in [0.1, 0.15) is 5.60 Å². The lowest BCUT2D eigenvalue weighted by Crippen LogP contribution is -2.56. The van der Waals surface area contributed by atoms with Gasteiger partial charge in [-0.1, -0.05) is 6.07 Å². The van der Waals surface area contributed by atoms with E-state index >= 15 is 0 Å². The number of amides is 2. The number of nitrogens with one attached hydrogen (secondary N) is 1. The third kappa shape index (κ3) is 4.27. The fourth-order valence-electron chi connectivity index (χ4n) is 6.67. The van der Waals surface area contributed by atoms with Crippen molar-refractivity contribution in [2.75, 3.05) is 13.1 Å². The van der Waals surface area contributed by atoms with Crippen LogP contribution < -0.4 is 5.32 Å². The van der Waals surface area contributed by atoms with Crippen molar-refractivity contribution in [3.05, 3.63) is 70.3 Å². The molecule has 2 bridgehead atoms. The average molecular weight is 567 g/mol. The van der Waals surface area contributed by atoms with Crippen LogP contribution in [0.5, 0.6) is 0 Å². The monoisotopic (exact) mass is 566 g/mol. The Morgan fingerprint density at radius 2 is 1.98 bits per heavy atom. The number of aliphatic imine (C=N–C) groups is 1. The molecule has 2 amide bonds. The van der Waals surface area contributed by atoms with Gasteiger partial charge in [-0.3, -0.25) is 9.98 Å². The standard InChI is InChI=1S/C27H28F2N8O2S/c28-25(29)36-9-6-20(34-36)19-14-32-23(24-31-8-10-40-24)35-15-16(11-21(19)35)33-26(38)37-17-4-5-18(37)13-27(39,12-17)22-3-1-2-7-30-22/h1-3,6-10,16-18,25,39H,4-5,11-15H2,(H,33,38). The van der Waals surface area contributed by atoms with Gasteiger partial charge in [0.15, 0.2) is 10.8 Å². The highest BCUT2D eigenvalue weighted by Gasteiger charge is 2.51. The Labute approximate surface area is 233 Å². The minimum atomic E-state index is -2.72. The quantitative estimate of drug-likeness (QED) is 0.488. The summed E-state index contributed by atoms with van der Waals surface area (Å²) in [5.41, 5.74) is 1.75. The molecule has 3 fully saturated rings. The Balaban J connectivity index is 1.11. The highest BCUT2D eigenvalue weighted by atomic mass is 32.1. The normalized spacial score (nSPS) is 27.8. The molecule has 7 rings (SSSR count). The number of carbonyl (C=O) groups is 1. The van der Waals surface area contributed by atoms with Crippen LogP contribution in [-0.2, 0) is 5.60 Å². The molecule has 3 aromatic heterocycles. The highest BCUT2D eigenvalue weighted by Crippen LogP contribution is 2.45. The van der Waals surface area contributed by atoms with Crippen LogP contribution in [0.2, 0.25) is 0 Å². The van der Waals surface area contributed by atoms with E-state index in [9.17, 15) is 18.7 Å². The van der Waals surface area contributed by atoms with E-state index in [0.717, 1.165) is 35.0 Å². The van der Waals surface area contributed by atoms with Crippen molar-refractivity contribution in [2.24, 2.45) is 4.99 Å². The van der Waals surface area contributed by atoms with Gasteiger partial charge >= 0.3 is 12.6 Å². The first kappa shape index (κ1) is 25.3. The summed E-state index contributed by atoms with van der Waals surface area (Å²) in [6.45, 7) is -1.94. The largest absolute Gasteiger partial charge is 0.383 e. The Hall–Kier alpha value is -3.71. The van der Waals surface area contributed by atoms with E-state index in [0.29, 0.717) is 48.4 Å². The van der Waals surface area contributed by atoms with E-state index in [2.05, 4.69) is 20.4 Å². The van der Waals surface area contributed by atoms with Gasteiger partial charge in [-0.2, -0.15) is 13.9 Å². The summed E-state index contributed by atoms with van der Waals surface area (Å²) in [5.74, 6) is 0.720. The van der Waals surface area contributed by atoms with Crippen molar-refractivity contribution in [3.63, 3.8) is 0 Å². The lowest BCUT2D eigenvalue weighted by Gasteiger charge is -2.43. The lowest BCUT2D eigenvalue weighted by atomic mass is 9.83. The van der Waals surface area contributed by atoms with Crippen molar-refractivity contribution in [3.8, 4) is 0 Å². The summed E-state index contributed by atoms with van der Waals surface area (Å²) in [4.78, 5) is 31.2. The maximum atomic E-state index is 13.7. The second-order valence-electron chi connectivity index (χ2n) is 10.8. The Morgan fingerprint density at radius 3 is 2.65 bits per heavy atom. The molecule has 4 aliphatic heterocycles. The molecule has 3 saturated heterocycles. The third-order valence-corrected chi connectivity index (χ3v) is 9.14. The SMILES string of the molecule is O=C(NC1CC2=C(c3ccn(C(F)F)n3)CN=C(c3nccs3)N2C1)N1C2CCC1CC(O)(c1ccccn1)C2. The van der Waals surface area contributed by atoms with E-state index in [1.165, 1.54) is 17.5 Å². The summed E-state index contributed by atoms with van der Waals surface area (Å²) in [6.07, 6.45) is 7.78. The van der Waals surface area contributed by atoms with Crippen LogP contribution in [0.15, 0.2) is 58.9 Å². The first-order valence-corrected chi connectivity index (χ1v) is 14.3. The van der Waals surface area contributed by atoms with Crippen molar-refractivity contribution < 1.29 is 18.7 Å². The van der Waals surface area contributed by atoms with Gasteiger partial charge in [0.05, 0.1) is 24.0 Å². The molecule has 10 nitrogen and oxygen atoms in total. The number of hydrogen-bond donors (Lipinski definition) is 2. The van der Waals surface area contributed by atoms with E-state index in [-0.39, 0.29) is 24.2 Å². The van der Waals surface area contributed by atoms with Crippen molar-refractivity contribution in [2.45, 2.75) is 62.4 Å². The summed E-state index contributed by atoms with van der Waals surface area (Å²) < 4.78 is 27.1. The number of urea groups is 1. The lowest BCUT2D eigenvalue weighted by molar-refractivity contribution is -0.0470. The number of rotatable bonds is 5. The number of piperidine rings is 1. The molecule has 7 heterocycles. The Bertz CT molecular complexity index is 1460. The van der Waals surface area contributed by atoms with Crippen LogP contribution in [0.1, 0.15) is 55.0 Å². The molecular weight excluding hydrogens is 538 g/mol. The predicted octanol–water partition coefficient (Wildman–Crippen LogP) is 3.60. The minimum Gasteiger partial charge on any atom is -0.383 e. The van der Waals surface area contributed by atoms with Gasteiger partial charge in [-0.25, -0.2) is 14.5 Å². The number of amidine groups is 1. The number of carbonyl (C=O) groups excluding carboxylic acids is 1. The molecule has 208 valence electrons. The van der Waals surface area contributed by atoms with E-state index < -0.39 is 12.2 Å². The van der Waals surface area contributed by atoms with Gasteiger partial charge in [0.2, 0.25) is 0 Å². The molecule has 0 saturated carbocycles. The fourth-order valence-corrected chi connectivity index (χ4v) is 7.33. The second-order valence-corrected chi connectivity index (χ2v) is 11.7. The topological polar surface area (TPSA) is 112 Å². The van der Waals surface area contributed by atoms with Crippen molar-refractivity contribution >= 4 is 28.8 Å². The molecule has 3 unspecified atom stereocenters. The summed E-state index contributed by atoms with van der Waals surface area (Å²) in [7, 11) is 0. The molecular formula is C27H28F2N8O2S. The van der Waals surface area contributed by atoms with Gasteiger partial charge in [0, 0.05) is 73.1 Å². The van der Waals surface area contributed by atoms with Gasteiger partial charge in [-0.05, 0) is 31.0 Å². The maximum Gasteiger partial charge on any atom is 0.333 e. The highest BCUT2D eigenvalue weighted by molar-refractivity contribution is 7.11. The molecule has 0 spiro atoms. The first-order chi connectivity index (χ1) is 19.4. The maximum absolute atomic E-state index is 13.7. The van der Waals surface area contributed by atoms with E-state index in [4.69, 9.17) is 4.99 Å². The van der Waals surface area contributed by atoms with Crippen molar-refractivity contribution in [1.29, 1.82) is 0 Å². The molecule has 2 N–H and O–H groups in total. The van der Waals surface area contributed by atoms with Crippen LogP contribution in [0.4, 0.5) is 13.6 Å². The smallest absolute Gasteiger partial charge is 0.333 e. The number of hydrogen-bond acceptors (Lipinski definition) is 8. The van der Waals surface area contributed by atoms with E-state index in [1.54, 1.807) is 18.5 Å². The molecule has 4 aliphatic rings. The molecule has 0 aliphatic carbocycles. The van der Waals surface area contributed by atoms with Crippen LogP contribution in [0.3, 0.4) is 0 Å². The number of pyridine rings is 1. The third-order valence-electron chi connectivity index (χ3n) is 8.37. The van der Waals surface area contributed by atoms with Crippen LogP contribution in [0.25, 0.3) is 5.57 Å². The summed E-state index contributed by atoms with van der Waals surface area (Å²) in [6, 6.07) is 6.63. The van der Waals surface area contributed by atoms with Crippen LogP contribution >= 0.6 is 11.3 Å². The van der Waals surface area contributed by atoms with Gasteiger partial charge in [-0.15, -0.1) is 11.3 Å². The zero-order valence-corrected chi connectivity index (χ0v) is 22.3. The summed E-state index contributed by atoms with van der Waals surface area (Å²) in [5, 5.41) is 21.4. The van der Waals surface area contributed by atoms with Crippen molar-refractivity contribution in [1.82, 2.24) is 34.9 Å². The number of halogens is 2. The molecule has 40 heavy (non-hydrogen) atoms.